The van der Waals surface area contributed by atoms with E-state index in [4.69, 9.17) is 16.7 Å². The van der Waals surface area contributed by atoms with E-state index in [-0.39, 0.29) is 5.15 Å². The fourth-order valence-corrected chi connectivity index (χ4v) is 2.29. The molecule has 2 unspecified atom stereocenters. The third-order valence-corrected chi connectivity index (χ3v) is 3.55. The quantitative estimate of drug-likeness (QED) is 0.402. The SMILES string of the molecule is CCC(Sc1nc(Cl)cc(NCC(C)O)n1)C(=O)O. The molecule has 0 aliphatic carbocycles. The van der Waals surface area contributed by atoms with Crippen molar-refractivity contribution in [1.29, 1.82) is 0 Å². The summed E-state index contributed by atoms with van der Waals surface area (Å²) in [5.41, 5.74) is 0. The van der Waals surface area contributed by atoms with Crippen molar-refractivity contribution in [2.75, 3.05) is 11.9 Å². The number of aliphatic hydroxyl groups excluding tert-OH is 1. The van der Waals surface area contributed by atoms with E-state index in [1.54, 1.807) is 13.8 Å². The predicted molar refractivity (Wildman–Crippen MR) is 74.8 cm³/mol. The van der Waals surface area contributed by atoms with Crippen molar-refractivity contribution in [2.45, 2.75) is 36.8 Å². The standard InChI is InChI=1S/C11H16ClN3O3S/c1-3-7(10(17)18)19-11-14-8(12)4-9(15-11)13-5-6(2)16/h4,6-7,16H,3,5H2,1-2H3,(H,17,18)(H,13,14,15). The second kappa shape index (κ2) is 7.52. The summed E-state index contributed by atoms with van der Waals surface area (Å²) in [6.45, 7) is 3.75. The first-order chi connectivity index (χ1) is 8.92. The third kappa shape index (κ3) is 5.63. The highest BCUT2D eigenvalue weighted by atomic mass is 35.5. The highest BCUT2D eigenvalue weighted by Gasteiger charge is 2.18. The fraction of sp³-hybridized carbons (Fsp3) is 0.545. The molecule has 106 valence electrons. The highest BCUT2D eigenvalue weighted by molar-refractivity contribution is 8.00. The van der Waals surface area contributed by atoms with Gasteiger partial charge in [-0.15, -0.1) is 0 Å². The molecule has 3 N–H and O–H groups in total. The van der Waals surface area contributed by atoms with E-state index in [1.165, 1.54) is 6.07 Å². The van der Waals surface area contributed by atoms with Gasteiger partial charge >= 0.3 is 5.97 Å². The van der Waals surface area contributed by atoms with Gasteiger partial charge in [0.15, 0.2) is 5.16 Å². The van der Waals surface area contributed by atoms with E-state index >= 15 is 0 Å². The van der Waals surface area contributed by atoms with Gasteiger partial charge < -0.3 is 15.5 Å². The van der Waals surface area contributed by atoms with E-state index in [9.17, 15) is 9.90 Å². The molecular formula is C11H16ClN3O3S. The fourth-order valence-electron chi connectivity index (χ4n) is 1.23. The monoisotopic (exact) mass is 305 g/mol. The first-order valence-electron chi connectivity index (χ1n) is 5.78. The van der Waals surface area contributed by atoms with Gasteiger partial charge in [-0.05, 0) is 13.3 Å². The Hall–Kier alpha value is -1.05. The minimum Gasteiger partial charge on any atom is -0.480 e. The van der Waals surface area contributed by atoms with Gasteiger partial charge in [0, 0.05) is 12.6 Å². The zero-order valence-corrected chi connectivity index (χ0v) is 12.2. The zero-order chi connectivity index (χ0) is 14.4. The molecule has 0 aliphatic heterocycles. The van der Waals surface area contributed by atoms with Crippen molar-refractivity contribution >= 4 is 35.1 Å². The number of rotatable bonds is 7. The van der Waals surface area contributed by atoms with Crippen LogP contribution in [0.2, 0.25) is 5.15 Å². The number of halogens is 1. The number of nitrogens with zero attached hydrogens (tertiary/aromatic N) is 2. The third-order valence-electron chi connectivity index (χ3n) is 2.15. The van der Waals surface area contributed by atoms with Crippen molar-refractivity contribution in [1.82, 2.24) is 9.97 Å². The molecule has 1 rings (SSSR count). The van der Waals surface area contributed by atoms with E-state index in [1.807, 2.05) is 0 Å². The van der Waals surface area contributed by atoms with Crippen LogP contribution in [-0.2, 0) is 4.79 Å². The highest BCUT2D eigenvalue weighted by Crippen LogP contribution is 2.25. The smallest absolute Gasteiger partial charge is 0.317 e. The molecular weight excluding hydrogens is 290 g/mol. The number of hydrogen-bond donors (Lipinski definition) is 3. The average Bonchev–Trinajstić information content (AvgIpc) is 2.32. The molecule has 0 spiro atoms. The number of nitrogens with one attached hydrogen (secondary N) is 1. The summed E-state index contributed by atoms with van der Waals surface area (Å²) in [6.07, 6.45) is -0.0565. The van der Waals surface area contributed by atoms with Crippen molar-refractivity contribution < 1.29 is 15.0 Å². The molecule has 1 aromatic rings. The largest absolute Gasteiger partial charge is 0.480 e. The molecule has 6 nitrogen and oxygen atoms in total. The lowest BCUT2D eigenvalue weighted by Gasteiger charge is -2.11. The summed E-state index contributed by atoms with van der Waals surface area (Å²) in [5, 5.41) is 21.0. The normalized spacial score (nSPS) is 13.9. The number of aliphatic carboxylic acids is 1. The molecule has 0 amide bonds. The van der Waals surface area contributed by atoms with Gasteiger partial charge in [0.25, 0.3) is 0 Å². The molecule has 1 aromatic heterocycles. The molecule has 8 heteroatoms. The summed E-state index contributed by atoms with van der Waals surface area (Å²) >= 11 is 6.91. The van der Waals surface area contributed by atoms with Crippen LogP contribution in [0, 0.1) is 0 Å². The Morgan fingerprint density at radius 3 is 2.79 bits per heavy atom. The minimum absolute atomic E-state index is 0.228. The molecule has 0 saturated carbocycles. The van der Waals surface area contributed by atoms with Gasteiger partial charge in [-0.25, -0.2) is 9.97 Å². The van der Waals surface area contributed by atoms with E-state index in [0.29, 0.717) is 23.9 Å². The summed E-state index contributed by atoms with van der Waals surface area (Å²) in [6, 6.07) is 1.52. The molecule has 0 saturated heterocycles. The van der Waals surface area contributed by atoms with Crippen LogP contribution in [0.25, 0.3) is 0 Å². The van der Waals surface area contributed by atoms with E-state index in [0.717, 1.165) is 11.8 Å². The van der Waals surface area contributed by atoms with E-state index < -0.39 is 17.3 Å². The summed E-state index contributed by atoms with van der Waals surface area (Å²) < 4.78 is 0. The number of carbonyl (C=O) groups is 1. The molecule has 2 atom stereocenters. The van der Waals surface area contributed by atoms with Gasteiger partial charge in [-0.2, -0.15) is 0 Å². The number of carboxylic acid groups (broad SMARTS) is 1. The first kappa shape index (κ1) is 16.0. The predicted octanol–water partition coefficient (Wildman–Crippen LogP) is 1.88. The van der Waals surface area contributed by atoms with Crippen LogP contribution in [0.15, 0.2) is 11.2 Å². The van der Waals surface area contributed by atoms with Crippen molar-refractivity contribution in [3.05, 3.63) is 11.2 Å². The van der Waals surface area contributed by atoms with Crippen LogP contribution in [-0.4, -0.2) is 44.0 Å². The van der Waals surface area contributed by atoms with Crippen LogP contribution in [0.1, 0.15) is 20.3 Å². The lowest BCUT2D eigenvalue weighted by Crippen LogP contribution is -2.17. The second-order valence-electron chi connectivity index (χ2n) is 3.94. The number of hydrogen-bond acceptors (Lipinski definition) is 6. The van der Waals surface area contributed by atoms with Crippen LogP contribution < -0.4 is 5.32 Å². The molecule has 0 fully saturated rings. The van der Waals surface area contributed by atoms with Crippen LogP contribution >= 0.6 is 23.4 Å². The molecule has 0 aliphatic rings. The number of anilines is 1. The van der Waals surface area contributed by atoms with Crippen molar-refractivity contribution in [2.24, 2.45) is 0 Å². The molecule has 0 bridgehead atoms. The Labute approximate surface area is 120 Å². The zero-order valence-electron chi connectivity index (χ0n) is 10.6. The molecule has 0 radical (unpaired) electrons. The van der Waals surface area contributed by atoms with Crippen LogP contribution in [0.3, 0.4) is 0 Å². The first-order valence-corrected chi connectivity index (χ1v) is 7.04. The summed E-state index contributed by atoms with van der Waals surface area (Å²) in [5.74, 6) is -0.446. The Morgan fingerprint density at radius 2 is 2.26 bits per heavy atom. The Bertz CT molecular complexity index is 445. The second-order valence-corrected chi connectivity index (χ2v) is 5.50. The lowest BCUT2D eigenvalue weighted by atomic mass is 10.3. The number of carboxylic acids is 1. The maximum Gasteiger partial charge on any atom is 0.317 e. The summed E-state index contributed by atoms with van der Waals surface area (Å²) in [4.78, 5) is 19.1. The number of aliphatic hydroxyl groups is 1. The average molecular weight is 306 g/mol. The van der Waals surface area contributed by atoms with Gasteiger partial charge in [-0.3, -0.25) is 4.79 Å². The van der Waals surface area contributed by atoms with Gasteiger partial charge in [0.1, 0.15) is 16.2 Å². The maximum atomic E-state index is 11.0. The Morgan fingerprint density at radius 1 is 1.58 bits per heavy atom. The van der Waals surface area contributed by atoms with E-state index in [2.05, 4.69) is 15.3 Å². The topological polar surface area (TPSA) is 95.3 Å². The Balaban J connectivity index is 2.80. The van der Waals surface area contributed by atoms with Gasteiger partial charge in [-0.1, -0.05) is 30.3 Å². The van der Waals surface area contributed by atoms with Crippen molar-refractivity contribution in [3.8, 4) is 0 Å². The van der Waals surface area contributed by atoms with Crippen LogP contribution in [0.5, 0.6) is 0 Å². The maximum absolute atomic E-state index is 11.0. The number of aromatic nitrogens is 2. The van der Waals surface area contributed by atoms with Gasteiger partial charge in [0.05, 0.1) is 6.10 Å². The minimum atomic E-state index is -0.908. The molecule has 1 heterocycles. The molecule has 19 heavy (non-hydrogen) atoms. The molecule has 0 aromatic carbocycles. The summed E-state index contributed by atoms with van der Waals surface area (Å²) in [7, 11) is 0. The Kier molecular flexibility index (Phi) is 6.33. The van der Waals surface area contributed by atoms with Crippen LogP contribution in [0.4, 0.5) is 5.82 Å². The van der Waals surface area contributed by atoms with Crippen molar-refractivity contribution in [3.63, 3.8) is 0 Å². The van der Waals surface area contributed by atoms with Gasteiger partial charge in [0.2, 0.25) is 0 Å². The number of thioether (sulfide) groups is 1. The lowest BCUT2D eigenvalue weighted by molar-refractivity contribution is -0.136.